The molecule has 0 saturated carbocycles. The largest absolute Gasteiger partial charge is 0.499 e. The number of aromatic amines is 1. The molecule has 3 nitrogen and oxygen atoms in total. The lowest BCUT2D eigenvalue weighted by atomic mass is 10.6. The third-order valence-electron chi connectivity index (χ3n) is 1.10. The van der Waals surface area contributed by atoms with Gasteiger partial charge in [-0.25, -0.2) is 4.98 Å². The molecule has 2 rings (SSSR count). The fourth-order valence-electron chi connectivity index (χ4n) is 0.728. The van der Waals surface area contributed by atoms with Gasteiger partial charge in [0.15, 0.2) is 5.06 Å². The SMILES string of the molecule is Oc1cc2[nH]cnc2s1. The van der Waals surface area contributed by atoms with Crippen LogP contribution in [0.4, 0.5) is 0 Å². The minimum Gasteiger partial charge on any atom is -0.499 e. The lowest BCUT2D eigenvalue weighted by Crippen LogP contribution is -1.52. The number of nitrogens with one attached hydrogen (secondary N) is 1. The standard InChI is InChI=1S/C5H4N2OS/c8-4-1-3-5(9-4)7-2-6-3/h1-2,8H,(H,6,7). The Morgan fingerprint density at radius 1 is 1.67 bits per heavy atom. The van der Waals surface area contributed by atoms with E-state index in [4.69, 9.17) is 5.11 Å². The second-order valence-electron chi connectivity index (χ2n) is 1.71. The summed E-state index contributed by atoms with van der Waals surface area (Å²) in [5.41, 5.74) is 0.900. The van der Waals surface area contributed by atoms with Crippen LogP contribution in [0.5, 0.6) is 5.06 Å². The fourth-order valence-corrected chi connectivity index (χ4v) is 1.44. The Kier molecular flexibility index (Phi) is 0.790. The molecule has 0 saturated heterocycles. The molecule has 2 aromatic rings. The summed E-state index contributed by atoms with van der Waals surface area (Å²) in [6.45, 7) is 0. The van der Waals surface area contributed by atoms with E-state index in [0.717, 1.165) is 10.3 Å². The minimum absolute atomic E-state index is 0.310. The zero-order chi connectivity index (χ0) is 6.27. The molecule has 2 heterocycles. The van der Waals surface area contributed by atoms with Gasteiger partial charge in [0.05, 0.1) is 11.8 Å². The summed E-state index contributed by atoms with van der Waals surface area (Å²) in [6.07, 6.45) is 1.61. The molecule has 0 unspecified atom stereocenters. The van der Waals surface area contributed by atoms with Crippen LogP contribution in [0.15, 0.2) is 12.4 Å². The summed E-state index contributed by atoms with van der Waals surface area (Å²) in [5.74, 6) is 0. The smallest absolute Gasteiger partial charge is 0.175 e. The second-order valence-corrected chi connectivity index (χ2v) is 2.72. The molecule has 0 amide bonds. The maximum absolute atomic E-state index is 8.90. The van der Waals surface area contributed by atoms with Gasteiger partial charge in [-0.3, -0.25) is 0 Å². The summed E-state index contributed by atoms with van der Waals surface area (Å²) in [5, 5.41) is 9.21. The first-order valence-electron chi connectivity index (χ1n) is 2.48. The molecule has 0 aliphatic heterocycles. The highest BCUT2D eigenvalue weighted by Gasteiger charge is 1.99. The zero-order valence-corrected chi connectivity index (χ0v) is 5.27. The Hall–Kier alpha value is -1.03. The van der Waals surface area contributed by atoms with Crippen molar-refractivity contribution in [2.24, 2.45) is 0 Å². The van der Waals surface area contributed by atoms with Gasteiger partial charge in [0.25, 0.3) is 0 Å². The van der Waals surface area contributed by atoms with Crippen molar-refractivity contribution in [1.29, 1.82) is 0 Å². The van der Waals surface area contributed by atoms with Crippen LogP contribution >= 0.6 is 11.3 Å². The van der Waals surface area contributed by atoms with Gasteiger partial charge >= 0.3 is 0 Å². The van der Waals surface area contributed by atoms with E-state index >= 15 is 0 Å². The van der Waals surface area contributed by atoms with Gasteiger partial charge < -0.3 is 10.1 Å². The Balaban J connectivity index is 2.92. The highest BCUT2D eigenvalue weighted by Crippen LogP contribution is 2.26. The molecule has 0 aromatic carbocycles. The lowest BCUT2D eigenvalue weighted by Gasteiger charge is -1.70. The Morgan fingerprint density at radius 3 is 3.33 bits per heavy atom. The third kappa shape index (κ3) is 0.598. The summed E-state index contributed by atoms with van der Waals surface area (Å²) < 4.78 is 0. The van der Waals surface area contributed by atoms with Crippen LogP contribution in [-0.4, -0.2) is 15.1 Å². The molecule has 0 atom stereocenters. The van der Waals surface area contributed by atoms with Crippen LogP contribution in [0, 0.1) is 0 Å². The van der Waals surface area contributed by atoms with Crippen molar-refractivity contribution >= 4 is 21.7 Å². The van der Waals surface area contributed by atoms with E-state index < -0.39 is 0 Å². The molecule has 46 valence electrons. The molecule has 0 bridgehead atoms. The summed E-state index contributed by atoms with van der Waals surface area (Å²) in [4.78, 5) is 7.68. The molecule has 9 heavy (non-hydrogen) atoms. The van der Waals surface area contributed by atoms with Crippen LogP contribution in [0.2, 0.25) is 0 Å². The normalized spacial score (nSPS) is 10.7. The molecular formula is C5H4N2OS. The Labute approximate surface area is 55.0 Å². The van der Waals surface area contributed by atoms with Crippen molar-refractivity contribution in [1.82, 2.24) is 9.97 Å². The summed E-state index contributed by atoms with van der Waals surface area (Å²) in [7, 11) is 0. The van der Waals surface area contributed by atoms with E-state index in [9.17, 15) is 0 Å². The van der Waals surface area contributed by atoms with Crippen molar-refractivity contribution in [3.8, 4) is 5.06 Å². The third-order valence-corrected chi connectivity index (χ3v) is 1.95. The average molecular weight is 140 g/mol. The van der Waals surface area contributed by atoms with E-state index in [2.05, 4.69) is 9.97 Å². The maximum Gasteiger partial charge on any atom is 0.175 e. The number of hydrogen-bond donors (Lipinski definition) is 2. The summed E-state index contributed by atoms with van der Waals surface area (Å²) >= 11 is 1.27. The van der Waals surface area contributed by atoms with Crippen molar-refractivity contribution in [2.45, 2.75) is 0 Å². The maximum atomic E-state index is 8.90. The average Bonchev–Trinajstić information content (AvgIpc) is 2.22. The predicted molar refractivity (Wildman–Crippen MR) is 35.6 cm³/mol. The monoisotopic (exact) mass is 140 g/mol. The number of hydrogen-bond acceptors (Lipinski definition) is 3. The number of rotatable bonds is 0. The predicted octanol–water partition coefficient (Wildman–Crippen LogP) is 1.33. The van der Waals surface area contributed by atoms with Gasteiger partial charge in [-0.2, -0.15) is 0 Å². The zero-order valence-electron chi connectivity index (χ0n) is 4.46. The van der Waals surface area contributed by atoms with Gasteiger partial charge in [0.2, 0.25) is 0 Å². The molecule has 0 spiro atoms. The fraction of sp³-hybridized carbons (Fsp3) is 0. The topological polar surface area (TPSA) is 48.9 Å². The van der Waals surface area contributed by atoms with E-state index in [1.807, 2.05) is 0 Å². The van der Waals surface area contributed by atoms with Crippen LogP contribution in [-0.2, 0) is 0 Å². The highest BCUT2D eigenvalue weighted by molar-refractivity contribution is 7.20. The number of aromatic hydroxyl groups is 1. The van der Waals surface area contributed by atoms with Gasteiger partial charge in [0, 0.05) is 6.07 Å². The highest BCUT2D eigenvalue weighted by atomic mass is 32.1. The van der Waals surface area contributed by atoms with Crippen molar-refractivity contribution in [2.75, 3.05) is 0 Å². The van der Waals surface area contributed by atoms with E-state index in [-0.39, 0.29) is 0 Å². The van der Waals surface area contributed by atoms with Crippen molar-refractivity contribution in [3.05, 3.63) is 12.4 Å². The van der Waals surface area contributed by atoms with E-state index in [1.54, 1.807) is 12.4 Å². The number of aromatic nitrogens is 2. The van der Waals surface area contributed by atoms with Crippen LogP contribution < -0.4 is 0 Å². The molecule has 2 N–H and O–H groups in total. The summed E-state index contributed by atoms with van der Waals surface area (Å²) in [6, 6.07) is 1.66. The van der Waals surface area contributed by atoms with E-state index in [1.165, 1.54) is 11.3 Å². The first-order valence-corrected chi connectivity index (χ1v) is 3.30. The van der Waals surface area contributed by atoms with Crippen LogP contribution in [0.25, 0.3) is 10.3 Å². The molecule has 0 radical (unpaired) electrons. The number of imidazole rings is 1. The number of thiophene rings is 1. The van der Waals surface area contributed by atoms with Crippen molar-refractivity contribution < 1.29 is 5.11 Å². The molecule has 4 heteroatoms. The van der Waals surface area contributed by atoms with Gasteiger partial charge in [-0.1, -0.05) is 11.3 Å². The molecular weight excluding hydrogens is 136 g/mol. The van der Waals surface area contributed by atoms with Gasteiger partial charge in [-0.15, -0.1) is 0 Å². The van der Waals surface area contributed by atoms with Gasteiger partial charge in [0.1, 0.15) is 4.83 Å². The number of nitrogens with zero attached hydrogens (tertiary/aromatic N) is 1. The van der Waals surface area contributed by atoms with E-state index in [0.29, 0.717) is 5.06 Å². The van der Waals surface area contributed by atoms with Crippen LogP contribution in [0.3, 0.4) is 0 Å². The molecule has 0 aliphatic rings. The first-order chi connectivity index (χ1) is 4.36. The molecule has 0 fully saturated rings. The second kappa shape index (κ2) is 1.48. The van der Waals surface area contributed by atoms with Crippen molar-refractivity contribution in [3.63, 3.8) is 0 Å². The Bertz CT molecular complexity index is 296. The van der Waals surface area contributed by atoms with Crippen LogP contribution in [0.1, 0.15) is 0 Å². The molecule has 0 aliphatic carbocycles. The van der Waals surface area contributed by atoms with Gasteiger partial charge in [-0.05, 0) is 0 Å². The molecule has 2 aromatic heterocycles. The first kappa shape index (κ1) is 4.81. The minimum atomic E-state index is 0.310. The number of fused-ring (bicyclic) bond motifs is 1. The lowest BCUT2D eigenvalue weighted by molar-refractivity contribution is 0.491. The number of H-pyrrole nitrogens is 1. The quantitative estimate of drug-likeness (QED) is 0.580. The Morgan fingerprint density at radius 2 is 2.56 bits per heavy atom.